The van der Waals surface area contributed by atoms with E-state index in [0.717, 1.165) is 0 Å². The van der Waals surface area contributed by atoms with Crippen molar-refractivity contribution in [2.45, 2.75) is 37.5 Å². The number of nitrogens with zero attached hydrogens (tertiary/aromatic N) is 1. The predicted molar refractivity (Wildman–Crippen MR) is 90.2 cm³/mol. The number of hydrogen-bond donors (Lipinski definition) is 2. The maximum Gasteiger partial charge on any atom is 0.345 e. The number of rotatable bonds is 1. The fraction of sp³-hybridized carbons (Fsp3) is 0.556. The monoisotopic (exact) mass is 365 g/mol. The molecule has 4 atom stereocenters. The Bertz CT molecular complexity index is 712. The Balaban J connectivity index is 1.97. The topological polar surface area (TPSA) is 116 Å². The molecule has 2 saturated heterocycles. The number of hydrogen-bond acceptors (Lipinski definition) is 7. The second-order valence-corrected chi connectivity index (χ2v) is 7.00. The lowest BCUT2D eigenvalue weighted by atomic mass is 9.90. The van der Waals surface area contributed by atoms with Gasteiger partial charge in [0.05, 0.1) is 19.7 Å². The molecule has 2 fully saturated rings. The maximum atomic E-state index is 12.9. The smallest absolute Gasteiger partial charge is 0.345 e. The van der Waals surface area contributed by atoms with Crippen molar-refractivity contribution >= 4 is 11.9 Å². The van der Waals surface area contributed by atoms with Gasteiger partial charge in [-0.15, -0.1) is 0 Å². The molecule has 0 spiro atoms. The summed E-state index contributed by atoms with van der Waals surface area (Å²) in [5, 5.41) is 33.0. The zero-order valence-electron chi connectivity index (χ0n) is 14.6. The molecular formula is C18H23NO7. The minimum absolute atomic E-state index is 0.0621. The molecule has 0 radical (unpaired) electrons. The minimum Gasteiger partial charge on any atom is -0.632 e. The molecule has 0 amide bonds. The van der Waals surface area contributed by atoms with Crippen LogP contribution in [0.15, 0.2) is 35.5 Å². The number of allylic oxidation sites excluding steroid dienone is 1. The highest BCUT2D eigenvalue weighted by Crippen LogP contribution is 2.39. The normalized spacial score (nSPS) is 39.6. The van der Waals surface area contributed by atoms with E-state index in [2.05, 4.69) is 6.58 Å². The van der Waals surface area contributed by atoms with E-state index in [9.17, 15) is 25.0 Å². The Morgan fingerprint density at radius 3 is 2.88 bits per heavy atom. The van der Waals surface area contributed by atoms with E-state index in [0.29, 0.717) is 18.5 Å². The number of ether oxygens (including phenoxy) is 2. The van der Waals surface area contributed by atoms with Crippen LogP contribution in [-0.4, -0.2) is 70.8 Å². The summed E-state index contributed by atoms with van der Waals surface area (Å²) in [6.45, 7) is 4.67. The lowest BCUT2D eigenvalue weighted by Crippen LogP contribution is -2.49. The van der Waals surface area contributed by atoms with Gasteiger partial charge in [-0.25, -0.2) is 9.59 Å². The van der Waals surface area contributed by atoms with Crippen LogP contribution in [0.4, 0.5) is 0 Å². The Morgan fingerprint density at radius 1 is 1.50 bits per heavy atom. The lowest BCUT2D eigenvalue weighted by Gasteiger charge is -2.40. The second kappa shape index (κ2) is 6.62. The average molecular weight is 365 g/mol. The fourth-order valence-electron chi connectivity index (χ4n) is 3.82. The van der Waals surface area contributed by atoms with Gasteiger partial charge < -0.3 is 29.5 Å². The minimum atomic E-state index is -2.33. The summed E-state index contributed by atoms with van der Waals surface area (Å²) in [6.07, 6.45) is 2.89. The van der Waals surface area contributed by atoms with Crippen LogP contribution in [0.5, 0.6) is 0 Å². The molecule has 0 aromatic heterocycles. The van der Waals surface area contributed by atoms with Gasteiger partial charge >= 0.3 is 11.9 Å². The molecule has 0 aliphatic carbocycles. The maximum absolute atomic E-state index is 12.9. The second-order valence-electron chi connectivity index (χ2n) is 7.00. The Morgan fingerprint density at radius 2 is 2.23 bits per heavy atom. The number of aliphatic hydroxyl groups excluding tert-OH is 1. The third-order valence-corrected chi connectivity index (χ3v) is 5.49. The molecule has 0 aromatic rings. The molecule has 0 bridgehead atoms. The molecule has 3 rings (SSSR count). The summed E-state index contributed by atoms with van der Waals surface area (Å²) < 4.78 is 10.2. The summed E-state index contributed by atoms with van der Waals surface area (Å²) in [5.41, 5.74) is -1.63. The third kappa shape index (κ3) is 2.88. The Labute approximate surface area is 151 Å². The first kappa shape index (κ1) is 18.8. The molecule has 1 unspecified atom stereocenters. The van der Waals surface area contributed by atoms with Gasteiger partial charge in [-0.1, -0.05) is 12.7 Å². The molecule has 2 N–H and O–H groups in total. The molecule has 0 aromatic carbocycles. The molecule has 8 heteroatoms. The standard InChI is InChI=1S/C18H23NO7/c1-3-12-8-11(2)18(23,10-20)17(22)25-9-13-4-6-19(24)7-5-14(15(13)19)26-16(12)21/h3-4,14-15,20,23H,2,5-10H2,1H3/t14-,15-,18-,19?/m1/s1. The van der Waals surface area contributed by atoms with E-state index in [1.165, 1.54) is 6.08 Å². The summed E-state index contributed by atoms with van der Waals surface area (Å²) in [7, 11) is 0. The lowest BCUT2D eigenvalue weighted by molar-refractivity contribution is -0.877. The highest BCUT2D eigenvalue weighted by molar-refractivity contribution is 5.90. The van der Waals surface area contributed by atoms with Gasteiger partial charge in [-0.2, -0.15) is 0 Å². The molecule has 0 saturated carbocycles. The van der Waals surface area contributed by atoms with Crippen molar-refractivity contribution in [2.24, 2.45) is 0 Å². The Hall–Kier alpha value is -2.00. The molecule has 3 aliphatic heterocycles. The summed E-state index contributed by atoms with van der Waals surface area (Å²) >= 11 is 0. The SMILES string of the molecule is C=C1CC(=CC)C(=O)O[C@@H]2CC[N+]3([O-])CC=C(COC(=O)[C@@]1(O)CO)[C@H]23. The molecule has 8 nitrogen and oxygen atoms in total. The third-order valence-electron chi connectivity index (χ3n) is 5.49. The summed E-state index contributed by atoms with van der Waals surface area (Å²) in [6, 6.07) is -0.616. The van der Waals surface area contributed by atoms with Gasteiger partial charge in [-0.05, 0) is 18.6 Å². The number of quaternary nitrogens is 1. The zero-order valence-corrected chi connectivity index (χ0v) is 14.6. The highest BCUT2D eigenvalue weighted by Gasteiger charge is 2.51. The van der Waals surface area contributed by atoms with Gasteiger partial charge in [0.1, 0.15) is 6.61 Å². The van der Waals surface area contributed by atoms with E-state index < -0.39 is 40.9 Å². The van der Waals surface area contributed by atoms with Crippen LogP contribution in [0, 0.1) is 5.21 Å². The van der Waals surface area contributed by atoms with E-state index >= 15 is 0 Å². The van der Waals surface area contributed by atoms with Crippen LogP contribution in [0.2, 0.25) is 0 Å². The molecule has 3 aliphatic rings. The van der Waals surface area contributed by atoms with Crippen molar-refractivity contribution in [3.05, 3.63) is 40.7 Å². The van der Waals surface area contributed by atoms with Crippen LogP contribution >= 0.6 is 0 Å². The van der Waals surface area contributed by atoms with Crippen molar-refractivity contribution in [3.8, 4) is 0 Å². The van der Waals surface area contributed by atoms with Crippen LogP contribution in [-0.2, 0) is 19.1 Å². The zero-order chi connectivity index (χ0) is 19.1. The van der Waals surface area contributed by atoms with Crippen molar-refractivity contribution in [3.63, 3.8) is 0 Å². The van der Waals surface area contributed by atoms with Crippen molar-refractivity contribution in [1.29, 1.82) is 0 Å². The first-order valence-electron chi connectivity index (χ1n) is 8.56. The van der Waals surface area contributed by atoms with Crippen molar-refractivity contribution in [2.75, 3.05) is 26.3 Å². The van der Waals surface area contributed by atoms with Crippen LogP contribution in [0.25, 0.3) is 0 Å². The van der Waals surface area contributed by atoms with E-state index in [4.69, 9.17) is 9.47 Å². The summed E-state index contributed by atoms with van der Waals surface area (Å²) in [4.78, 5) is 24.9. The highest BCUT2D eigenvalue weighted by atomic mass is 16.6. The number of carbonyl (C=O) groups is 2. The van der Waals surface area contributed by atoms with Gasteiger partial charge in [0.2, 0.25) is 5.60 Å². The number of esters is 2. The number of hydroxylamine groups is 3. The van der Waals surface area contributed by atoms with Gasteiger partial charge in [-0.3, -0.25) is 0 Å². The molecule has 3 heterocycles. The van der Waals surface area contributed by atoms with Gasteiger partial charge in [0.15, 0.2) is 12.1 Å². The van der Waals surface area contributed by atoms with E-state index in [-0.39, 0.29) is 30.7 Å². The quantitative estimate of drug-likeness (QED) is 0.222. The van der Waals surface area contributed by atoms with Gasteiger partial charge in [0, 0.05) is 24.0 Å². The van der Waals surface area contributed by atoms with E-state index in [1.807, 2.05) is 0 Å². The Kier molecular flexibility index (Phi) is 4.78. The van der Waals surface area contributed by atoms with Crippen molar-refractivity contribution < 1.29 is 33.9 Å². The van der Waals surface area contributed by atoms with Crippen molar-refractivity contribution in [1.82, 2.24) is 0 Å². The van der Waals surface area contributed by atoms with E-state index in [1.54, 1.807) is 13.0 Å². The predicted octanol–water partition coefficient (Wildman–Crippen LogP) is 0.0979. The first-order valence-corrected chi connectivity index (χ1v) is 8.56. The first-order chi connectivity index (χ1) is 12.2. The molecule has 142 valence electrons. The van der Waals surface area contributed by atoms with Crippen LogP contribution in [0.3, 0.4) is 0 Å². The van der Waals surface area contributed by atoms with Gasteiger partial charge in [0.25, 0.3) is 0 Å². The summed E-state index contributed by atoms with van der Waals surface area (Å²) in [5.74, 6) is -1.67. The van der Waals surface area contributed by atoms with Crippen LogP contribution in [0.1, 0.15) is 19.8 Å². The fourth-order valence-corrected chi connectivity index (χ4v) is 3.82. The molecule has 26 heavy (non-hydrogen) atoms. The number of cyclic esters (lactones) is 1. The number of aliphatic hydroxyl groups is 2. The van der Waals surface area contributed by atoms with Crippen LogP contribution < -0.4 is 0 Å². The largest absolute Gasteiger partial charge is 0.632 e. The average Bonchev–Trinajstić information content (AvgIpc) is 3.11. The molecular weight excluding hydrogens is 342 g/mol. The number of carbonyl (C=O) groups excluding carboxylic acids is 2.